The van der Waals surface area contributed by atoms with Gasteiger partial charge in [0.05, 0.1) is 5.39 Å². The number of nitrogens with zero attached hydrogens (tertiary/aromatic N) is 3. The van der Waals surface area contributed by atoms with Crippen molar-refractivity contribution >= 4 is 39.0 Å². The quantitative estimate of drug-likeness (QED) is 0.787. The maximum atomic E-state index is 5.99. The summed E-state index contributed by atoms with van der Waals surface area (Å²) in [6.45, 7) is 7.49. The minimum Gasteiger partial charge on any atom is -0.354 e. The Bertz CT molecular complexity index is 509. The van der Waals surface area contributed by atoms with E-state index in [1.165, 1.54) is 0 Å². The Morgan fingerprint density at radius 1 is 1.41 bits per heavy atom. The predicted octanol–water partition coefficient (Wildman–Crippen LogP) is 3.97. The van der Waals surface area contributed by atoms with Crippen molar-refractivity contribution in [2.75, 3.05) is 11.4 Å². The summed E-state index contributed by atoms with van der Waals surface area (Å²) in [5.74, 6) is 0.957. The molecule has 0 fully saturated rings. The molecule has 0 N–H and O–H groups in total. The molecule has 0 aliphatic rings. The zero-order valence-corrected chi connectivity index (χ0v) is 11.8. The van der Waals surface area contributed by atoms with Gasteiger partial charge in [-0.05, 0) is 43.3 Å². The van der Waals surface area contributed by atoms with Crippen molar-refractivity contribution in [1.29, 1.82) is 0 Å². The average Bonchev–Trinajstić information content (AvgIpc) is 2.72. The Kier molecular flexibility index (Phi) is 3.84. The van der Waals surface area contributed by atoms with Gasteiger partial charge in [0.25, 0.3) is 0 Å². The summed E-state index contributed by atoms with van der Waals surface area (Å²) in [6.07, 6.45) is 1.09. The topological polar surface area (TPSA) is 29.0 Å². The van der Waals surface area contributed by atoms with Crippen LogP contribution in [0.2, 0.25) is 5.28 Å². The first kappa shape index (κ1) is 12.6. The normalized spacial score (nSPS) is 11.4. The van der Waals surface area contributed by atoms with Crippen LogP contribution in [-0.2, 0) is 0 Å². The average molecular weight is 270 g/mol. The van der Waals surface area contributed by atoms with E-state index in [1.807, 2.05) is 5.38 Å². The number of anilines is 1. The zero-order chi connectivity index (χ0) is 12.4. The minimum atomic E-state index is 0.330. The molecule has 0 bridgehead atoms. The van der Waals surface area contributed by atoms with E-state index in [1.54, 1.807) is 11.3 Å². The highest BCUT2D eigenvalue weighted by Gasteiger charge is 2.16. The molecular weight excluding hydrogens is 254 g/mol. The molecule has 0 unspecified atom stereocenters. The summed E-state index contributed by atoms with van der Waals surface area (Å²) in [5, 5.41) is 3.46. The Morgan fingerprint density at radius 3 is 2.82 bits per heavy atom. The fourth-order valence-electron chi connectivity index (χ4n) is 1.88. The first-order chi connectivity index (χ1) is 8.13. The molecule has 0 spiro atoms. The molecule has 0 aromatic carbocycles. The third kappa shape index (κ3) is 2.53. The van der Waals surface area contributed by atoms with Crippen molar-refractivity contribution in [3.05, 3.63) is 16.7 Å². The Hall–Kier alpha value is -0.870. The number of halogens is 1. The molecule has 2 heterocycles. The maximum Gasteiger partial charge on any atom is 0.225 e. The SMILES string of the molecule is CCCN(c1nc(Cl)nc2sccc12)C(C)C. The van der Waals surface area contributed by atoms with E-state index in [0.717, 1.165) is 29.0 Å². The lowest BCUT2D eigenvalue weighted by Crippen LogP contribution is -2.32. The van der Waals surface area contributed by atoms with E-state index >= 15 is 0 Å². The molecule has 2 rings (SSSR count). The van der Waals surface area contributed by atoms with Gasteiger partial charge in [0.2, 0.25) is 5.28 Å². The van der Waals surface area contributed by atoms with Gasteiger partial charge >= 0.3 is 0 Å². The molecule has 0 aliphatic heterocycles. The zero-order valence-electron chi connectivity index (χ0n) is 10.3. The number of aromatic nitrogens is 2. The van der Waals surface area contributed by atoms with Gasteiger partial charge in [-0.3, -0.25) is 0 Å². The van der Waals surface area contributed by atoms with Crippen LogP contribution < -0.4 is 4.90 Å². The van der Waals surface area contributed by atoms with Crippen molar-refractivity contribution in [1.82, 2.24) is 9.97 Å². The summed E-state index contributed by atoms with van der Waals surface area (Å²) in [7, 11) is 0. The number of fused-ring (bicyclic) bond motifs is 1. The van der Waals surface area contributed by atoms with Crippen molar-refractivity contribution < 1.29 is 0 Å². The third-order valence-corrected chi connectivity index (χ3v) is 3.61. The number of hydrogen-bond donors (Lipinski definition) is 0. The summed E-state index contributed by atoms with van der Waals surface area (Å²) in [6, 6.07) is 2.47. The van der Waals surface area contributed by atoms with Crippen LogP contribution in [0.15, 0.2) is 11.4 Å². The highest BCUT2D eigenvalue weighted by molar-refractivity contribution is 7.16. The third-order valence-electron chi connectivity index (χ3n) is 2.64. The predicted molar refractivity (Wildman–Crippen MR) is 75.2 cm³/mol. The van der Waals surface area contributed by atoms with Gasteiger partial charge < -0.3 is 4.90 Å². The van der Waals surface area contributed by atoms with E-state index in [0.29, 0.717) is 11.3 Å². The van der Waals surface area contributed by atoms with Crippen LogP contribution >= 0.6 is 22.9 Å². The van der Waals surface area contributed by atoms with Crippen LogP contribution in [0, 0.1) is 0 Å². The lowest BCUT2D eigenvalue weighted by molar-refractivity contribution is 0.664. The van der Waals surface area contributed by atoms with Gasteiger partial charge in [-0.25, -0.2) is 4.98 Å². The molecule has 2 aromatic heterocycles. The van der Waals surface area contributed by atoms with Crippen molar-refractivity contribution in [3.63, 3.8) is 0 Å². The molecule has 3 nitrogen and oxygen atoms in total. The van der Waals surface area contributed by atoms with Gasteiger partial charge in [-0.1, -0.05) is 6.92 Å². The monoisotopic (exact) mass is 269 g/mol. The van der Waals surface area contributed by atoms with Crippen molar-refractivity contribution in [2.24, 2.45) is 0 Å². The maximum absolute atomic E-state index is 5.99. The fraction of sp³-hybridized carbons (Fsp3) is 0.500. The van der Waals surface area contributed by atoms with Gasteiger partial charge in [0.1, 0.15) is 10.6 Å². The lowest BCUT2D eigenvalue weighted by atomic mass is 10.2. The van der Waals surface area contributed by atoms with E-state index in [2.05, 4.69) is 41.7 Å². The van der Waals surface area contributed by atoms with E-state index in [9.17, 15) is 0 Å². The lowest BCUT2D eigenvalue weighted by Gasteiger charge is -2.27. The van der Waals surface area contributed by atoms with Crippen molar-refractivity contribution in [2.45, 2.75) is 33.2 Å². The Morgan fingerprint density at radius 2 is 2.18 bits per heavy atom. The fourth-order valence-corrected chi connectivity index (χ4v) is 2.86. The van der Waals surface area contributed by atoms with Crippen LogP contribution in [0.4, 0.5) is 5.82 Å². The minimum absolute atomic E-state index is 0.330. The number of hydrogen-bond acceptors (Lipinski definition) is 4. The van der Waals surface area contributed by atoms with E-state index < -0.39 is 0 Å². The van der Waals surface area contributed by atoms with E-state index in [-0.39, 0.29) is 0 Å². The molecule has 0 atom stereocenters. The molecule has 2 aromatic rings. The molecule has 0 saturated carbocycles. The number of rotatable bonds is 4. The standard InChI is InChI=1S/C12H16ClN3S/c1-4-6-16(8(2)3)10-9-5-7-17-11(9)15-12(13)14-10/h5,7-8H,4,6H2,1-3H3. The van der Waals surface area contributed by atoms with Crippen LogP contribution in [0.1, 0.15) is 27.2 Å². The van der Waals surface area contributed by atoms with Gasteiger partial charge in [0.15, 0.2) is 0 Å². The molecule has 0 saturated heterocycles. The van der Waals surface area contributed by atoms with Crippen LogP contribution in [0.5, 0.6) is 0 Å². The smallest absolute Gasteiger partial charge is 0.225 e. The second-order valence-corrected chi connectivity index (χ2v) is 5.48. The van der Waals surface area contributed by atoms with Crippen LogP contribution in [0.25, 0.3) is 10.2 Å². The molecular formula is C12H16ClN3S. The second kappa shape index (κ2) is 5.19. The highest BCUT2D eigenvalue weighted by atomic mass is 35.5. The largest absolute Gasteiger partial charge is 0.354 e. The van der Waals surface area contributed by atoms with Crippen LogP contribution in [-0.4, -0.2) is 22.6 Å². The van der Waals surface area contributed by atoms with Crippen LogP contribution in [0.3, 0.4) is 0 Å². The van der Waals surface area contributed by atoms with E-state index in [4.69, 9.17) is 11.6 Å². The summed E-state index contributed by atoms with van der Waals surface area (Å²) >= 11 is 7.59. The summed E-state index contributed by atoms with van der Waals surface area (Å²) in [4.78, 5) is 11.9. The molecule has 5 heteroatoms. The Labute approximate surface area is 110 Å². The van der Waals surface area contributed by atoms with Crippen molar-refractivity contribution in [3.8, 4) is 0 Å². The first-order valence-electron chi connectivity index (χ1n) is 5.81. The van der Waals surface area contributed by atoms with Gasteiger partial charge in [-0.2, -0.15) is 4.98 Å². The number of thiophene rings is 1. The summed E-state index contributed by atoms with van der Waals surface area (Å²) in [5.41, 5.74) is 0. The molecule has 0 aliphatic carbocycles. The Balaban J connectivity index is 2.54. The molecule has 0 radical (unpaired) electrons. The molecule has 92 valence electrons. The van der Waals surface area contributed by atoms with Gasteiger partial charge in [0, 0.05) is 12.6 Å². The first-order valence-corrected chi connectivity index (χ1v) is 7.06. The van der Waals surface area contributed by atoms with Gasteiger partial charge in [-0.15, -0.1) is 11.3 Å². The second-order valence-electron chi connectivity index (χ2n) is 4.24. The molecule has 17 heavy (non-hydrogen) atoms. The summed E-state index contributed by atoms with van der Waals surface area (Å²) < 4.78 is 0. The highest BCUT2D eigenvalue weighted by Crippen LogP contribution is 2.30. The molecule has 0 amide bonds.